The number of methoxy groups -OCH3 is 1. The molecule has 94 valence electrons. The number of nitrogens with one attached hydrogen (secondary N) is 1. The summed E-state index contributed by atoms with van der Waals surface area (Å²) >= 11 is 6.09. The highest BCUT2D eigenvalue weighted by Crippen LogP contribution is 2.51. The number of benzene rings is 1. The van der Waals surface area contributed by atoms with Crippen LogP contribution in [0.15, 0.2) is 18.2 Å². The van der Waals surface area contributed by atoms with Gasteiger partial charge in [0.05, 0.1) is 7.11 Å². The maximum Gasteiger partial charge on any atom is 0.122 e. The summed E-state index contributed by atoms with van der Waals surface area (Å²) in [5.74, 6) is 0.963. The SMILES string of the molecule is CCCNCC1(c2cc(Cl)ccc2OC)CC1. The summed E-state index contributed by atoms with van der Waals surface area (Å²) in [5, 5.41) is 4.30. The zero-order valence-corrected chi connectivity index (χ0v) is 11.3. The van der Waals surface area contributed by atoms with Crippen LogP contribution < -0.4 is 10.1 Å². The largest absolute Gasteiger partial charge is 0.496 e. The van der Waals surface area contributed by atoms with Gasteiger partial charge in [-0.3, -0.25) is 0 Å². The van der Waals surface area contributed by atoms with E-state index in [1.807, 2.05) is 12.1 Å². The van der Waals surface area contributed by atoms with Crippen LogP contribution in [0.3, 0.4) is 0 Å². The Balaban J connectivity index is 2.17. The van der Waals surface area contributed by atoms with Gasteiger partial charge < -0.3 is 10.1 Å². The van der Waals surface area contributed by atoms with E-state index in [9.17, 15) is 0 Å². The summed E-state index contributed by atoms with van der Waals surface area (Å²) in [6.07, 6.45) is 3.61. The average Bonchev–Trinajstić information content (AvgIpc) is 3.10. The molecule has 0 amide bonds. The van der Waals surface area contributed by atoms with Crippen molar-refractivity contribution < 1.29 is 4.74 Å². The molecule has 0 bridgehead atoms. The van der Waals surface area contributed by atoms with Crippen molar-refractivity contribution >= 4 is 11.6 Å². The fourth-order valence-corrected chi connectivity index (χ4v) is 2.46. The van der Waals surface area contributed by atoms with E-state index in [1.54, 1.807) is 7.11 Å². The van der Waals surface area contributed by atoms with Crippen molar-refractivity contribution in [2.24, 2.45) is 0 Å². The van der Waals surface area contributed by atoms with Crippen LogP contribution in [0.5, 0.6) is 5.75 Å². The van der Waals surface area contributed by atoms with Gasteiger partial charge >= 0.3 is 0 Å². The molecule has 1 aromatic rings. The molecule has 0 radical (unpaired) electrons. The highest BCUT2D eigenvalue weighted by Gasteiger charge is 2.45. The van der Waals surface area contributed by atoms with Gasteiger partial charge in [0, 0.05) is 22.5 Å². The molecule has 1 N–H and O–H groups in total. The van der Waals surface area contributed by atoms with Crippen molar-refractivity contribution in [1.82, 2.24) is 5.32 Å². The Bertz CT molecular complexity index is 388. The number of rotatable bonds is 6. The lowest BCUT2D eigenvalue weighted by Crippen LogP contribution is -2.27. The lowest BCUT2D eigenvalue weighted by Gasteiger charge is -2.19. The van der Waals surface area contributed by atoms with Gasteiger partial charge in [-0.1, -0.05) is 18.5 Å². The molecule has 0 saturated heterocycles. The first-order valence-electron chi connectivity index (χ1n) is 6.26. The van der Waals surface area contributed by atoms with Crippen LogP contribution in [0, 0.1) is 0 Å². The third kappa shape index (κ3) is 2.75. The van der Waals surface area contributed by atoms with Crippen molar-refractivity contribution in [2.45, 2.75) is 31.6 Å². The number of halogens is 1. The average molecular weight is 254 g/mol. The second kappa shape index (κ2) is 5.28. The summed E-state index contributed by atoms with van der Waals surface area (Å²) in [7, 11) is 1.72. The van der Waals surface area contributed by atoms with E-state index in [0.29, 0.717) is 0 Å². The second-order valence-corrected chi connectivity index (χ2v) is 5.24. The molecule has 0 heterocycles. The monoisotopic (exact) mass is 253 g/mol. The predicted octanol–water partition coefficient (Wildman–Crippen LogP) is 3.38. The molecule has 0 atom stereocenters. The van der Waals surface area contributed by atoms with E-state index < -0.39 is 0 Å². The van der Waals surface area contributed by atoms with Crippen molar-refractivity contribution in [1.29, 1.82) is 0 Å². The second-order valence-electron chi connectivity index (χ2n) is 4.80. The molecule has 1 aromatic carbocycles. The van der Waals surface area contributed by atoms with Gasteiger partial charge in [0.2, 0.25) is 0 Å². The van der Waals surface area contributed by atoms with E-state index in [1.165, 1.54) is 24.8 Å². The Hall–Kier alpha value is -0.730. The Morgan fingerprint density at radius 2 is 2.18 bits per heavy atom. The van der Waals surface area contributed by atoms with Crippen molar-refractivity contribution in [3.05, 3.63) is 28.8 Å². The van der Waals surface area contributed by atoms with Crippen LogP contribution in [0.4, 0.5) is 0 Å². The molecule has 2 rings (SSSR count). The van der Waals surface area contributed by atoms with Gasteiger partial charge in [-0.15, -0.1) is 0 Å². The van der Waals surface area contributed by atoms with E-state index in [-0.39, 0.29) is 5.41 Å². The Morgan fingerprint density at radius 3 is 2.76 bits per heavy atom. The fraction of sp³-hybridized carbons (Fsp3) is 0.571. The van der Waals surface area contributed by atoms with Crippen molar-refractivity contribution in [2.75, 3.05) is 20.2 Å². The van der Waals surface area contributed by atoms with Gasteiger partial charge in [0.1, 0.15) is 5.75 Å². The fourth-order valence-electron chi connectivity index (χ4n) is 2.29. The molecule has 1 fully saturated rings. The van der Waals surface area contributed by atoms with E-state index in [4.69, 9.17) is 16.3 Å². The molecule has 0 aliphatic heterocycles. The summed E-state index contributed by atoms with van der Waals surface area (Å²) in [4.78, 5) is 0. The molecule has 1 aliphatic carbocycles. The molecular weight excluding hydrogens is 234 g/mol. The molecule has 0 aromatic heterocycles. The summed E-state index contributed by atoms with van der Waals surface area (Å²) in [5.41, 5.74) is 1.52. The first-order chi connectivity index (χ1) is 8.22. The van der Waals surface area contributed by atoms with E-state index in [2.05, 4.69) is 18.3 Å². The number of ether oxygens (including phenoxy) is 1. The zero-order chi connectivity index (χ0) is 12.3. The van der Waals surface area contributed by atoms with Crippen LogP contribution in [0.2, 0.25) is 5.02 Å². The van der Waals surface area contributed by atoms with Gasteiger partial charge in [0.25, 0.3) is 0 Å². The Labute approximate surface area is 108 Å². The predicted molar refractivity (Wildman–Crippen MR) is 72.1 cm³/mol. The summed E-state index contributed by atoms with van der Waals surface area (Å²) < 4.78 is 5.45. The molecule has 0 unspecified atom stereocenters. The minimum absolute atomic E-state index is 0.255. The van der Waals surface area contributed by atoms with Crippen molar-refractivity contribution in [3.8, 4) is 5.75 Å². The van der Waals surface area contributed by atoms with E-state index in [0.717, 1.165) is 23.9 Å². The molecule has 1 saturated carbocycles. The first kappa shape index (κ1) is 12.7. The van der Waals surface area contributed by atoms with Crippen LogP contribution in [-0.4, -0.2) is 20.2 Å². The first-order valence-corrected chi connectivity index (χ1v) is 6.64. The quantitative estimate of drug-likeness (QED) is 0.785. The number of hydrogen-bond acceptors (Lipinski definition) is 2. The lowest BCUT2D eigenvalue weighted by atomic mass is 9.95. The maximum absolute atomic E-state index is 6.09. The van der Waals surface area contributed by atoms with Gasteiger partial charge in [-0.25, -0.2) is 0 Å². The van der Waals surface area contributed by atoms with Crippen molar-refractivity contribution in [3.63, 3.8) is 0 Å². The lowest BCUT2D eigenvalue weighted by molar-refractivity contribution is 0.402. The molecule has 0 spiro atoms. The highest BCUT2D eigenvalue weighted by molar-refractivity contribution is 6.30. The van der Waals surface area contributed by atoms with E-state index >= 15 is 0 Å². The smallest absolute Gasteiger partial charge is 0.122 e. The van der Waals surface area contributed by atoms with Gasteiger partial charge in [-0.2, -0.15) is 0 Å². The summed E-state index contributed by atoms with van der Waals surface area (Å²) in [6.45, 7) is 4.29. The molecule has 1 aliphatic rings. The number of hydrogen-bond donors (Lipinski definition) is 1. The maximum atomic E-state index is 6.09. The standard InChI is InChI=1S/C14H20ClNO/c1-3-8-16-10-14(6-7-14)12-9-11(15)4-5-13(12)17-2/h4-5,9,16H,3,6-8,10H2,1-2H3. The Kier molecular flexibility index (Phi) is 3.95. The third-order valence-corrected chi connectivity index (χ3v) is 3.71. The van der Waals surface area contributed by atoms with Gasteiger partial charge in [0.15, 0.2) is 0 Å². The highest BCUT2D eigenvalue weighted by atomic mass is 35.5. The molecular formula is C14H20ClNO. The topological polar surface area (TPSA) is 21.3 Å². The Morgan fingerprint density at radius 1 is 1.41 bits per heavy atom. The van der Waals surface area contributed by atoms with Gasteiger partial charge in [-0.05, 0) is 44.0 Å². The summed E-state index contributed by atoms with van der Waals surface area (Å²) in [6, 6.07) is 5.91. The molecule has 17 heavy (non-hydrogen) atoms. The van der Waals surface area contributed by atoms with Crippen LogP contribution in [0.25, 0.3) is 0 Å². The third-order valence-electron chi connectivity index (χ3n) is 3.48. The normalized spacial score (nSPS) is 16.9. The van der Waals surface area contributed by atoms with Crippen LogP contribution in [-0.2, 0) is 5.41 Å². The van der Waals surface area contributed by atoms with Crippen LogP contribution >= 0.6 is 11.6 Å². The molecule has 2 nitrogen and oxygen atoms in total. The minimum atomic E-state index is 0.255. The molecule has 3 heteroatoms. The van der Waals surface area contributed by atoms with Crippen LogP contribution in [0.1, 0.15) is 31.7 Å². The zero-order valence-electron chi connectivity index (χ0n) is 10.6. The minimum Gasteiger partial charge on any atom is -0.496 e.